The van der Waals surface area contributed by atoms with Gasteiger partial charge in [-0.3, -0.25) is 4.90 Å². The lowest BCUT2D eigenvalue weighted by atomic mass is 9.81. The molecule has 17 heavy (non-hydrogen) atoms. The fourth-order valence-electron chi connectivity index (χ4n) is 2.97. The van der Waals surface area contributed by atoms with Crippen LogP contribution >= 0.6 is 0 Å². The van der Waals surface area contributed by atoms with E-state index >= 15 is 0 Å². The molecule has 0 aromatic carbocycles. The zero-order valence-corrected chi connectivity index (χ0v) is 11.8. The Morgan fingerprint density at radius 1 is 1.24 bits per heavy atom. The van der Waals surface area contributed by atoms with Crippen LogP contribution in [0, 0.1) is 5.92 Å². The van der Waals surface area contributed by atoms with E-state index in [0.29, 0.717) is 12.1 Å². The van der Waals surface area contributed by atoms with Crippen LogP contribution in [0.15, 0.2) is 0 Å². The maximum absolute atomic E-state index is 3.73. The lowest BCUT2D eigenvalue weighted by Gasteiger charge is -2.38. The predicted molar refractivity (Wildman–Crippen MR) is 73.3 cm³/mol. The maximum Gasteiger partial charge on any atom is 0.0345 e. The van der Waals surface area contributed by atoms with Crippen molar-refractivity contribution in [2.75, 3.05) is 40.3 Å². The van der Waals surface area contributed by atoms with Crippen LogP contribution in [0.25, 0.3) is 0 Å². The number of hydrogen-bond acceptors (Lipinski definition) is 3. The maximum atomic E-state index is 3.73. The highest BCUT2D eigenvalue weighted by Gasteiger charge is 2.23. The Kier molecular flexibility index (Phi) is 4.83. The van der Waals surface area contributed by atoms with Crippen molar-refractivity contribution >= 4 is 0 Å². The van der Waals surface area contributed by atoms with Gasteiger partial charge in [0.1, 0.15) is 0 Å². The van der Waals surface area contributed by atoms with Crippen LogP contribution in [0.5, 0.6) is 0 Å². The summed E-state index contributed by atoms with van der Waals surface area (Å²) < 4.78 is 0. The molecule has 2 aliphatic rings. The third-order valence-electron chi connectivity index (χ3n) is 4.59. The summed E-state index contributed by atoms with van der Waals surface area (Å²) in [6, 6.07) is 1.39. The predicted octanol–water partition coefficient (Wildman–Crippen LogP) is 1.40. The minimum atomic E-state index is 0.692. The second-order valence-corrected chi connectivity index (χ2v) is 6.24. The van der Waals surface area contributed by atoms with Gasteiger partial charge in [0, 0.05) is 38.3 Å². The van der Waals surface area contributed by atoms with Crippen LogP contribution in [0.3, 0.4) is 0 Å². The number of nitrogens with zero attached hydrogens (tertiary/aromatic N) is 2. The van der Waals surface area contributed by atoms with Crippen molar-refractivity contribution in [3.05, 3.63) is 0 Å². The minimum Gasteiger partial charge on any atom is -0.313 e. The SMILES string of the molecule is CC(CC1CCC1)NCC1CN(C)CCN1C. The summed E-state index contributed by atoms with van der Waals surface area (Å²) in [7, 11) is 4.49. The quantitative estimate of drug-likeness (QED) is 0.782. The molecule has 1 heterocycles. The van der Waals surface area contributed by atoms with E-state index in [1.54, 1.807) is 0 Å². The van der Waals surface area contributed by atoms with Gasteiger partial charge in [-0.1, -0.05) is 19.3 Å². The van der Waals surface area contributed by atoms with E-state index < -0.39 is 0 Å². The third-order valence-corrected chi connectivity index (χ3v) is 4.59. The van der Waals surface area contributed by atoms with Gasteiger partial charge < -0.3 is 10.2 Å². The van der Waals surface area contributed by atoms with Crippen molar-refractivity contribution in [3.63, 3.8) is 0 Å². The fraction of sp³-hybridized carbons (Fsp3) is 1.00. The Labute approximate surface area is 107 Å². The molecule has 0 radical (unpaired) electrons. The minimum absolute atomic E-state index is 0.692. The van der Waals surface area contributed by atoms with Gasteiger partial charge in [0.2, 0.25) is 0 Å². The largest absolute Gasteiger partial charge is 0.313 e. The molecule has 0 amide bonds. The molecule has 1 saturated heterocycles. The summed E-state index contributed by atoms with van der Waals surface area (Å²) in [4.78, 5) is 4.95. The third kappa shape index (κ3) is 3.94. The Morgan fingerprint density at radius 3 is 2.65 bits per heavy atom. The van der Waals surface area contributed by atoms with Gasteiger partial charge in [0.05, 0.1) is 0 Å². The van der Waals surface area contributed by atoms with Crippen LogP contribution in [0.1, 0.15) is 32.6 Å². The summed E-state index contributed by atoms with van der Waals surface area (Å²) in [5, 5.41) is 3.73. The Morgan fingerprint density at radius 2 is 2.00 bits per heavy atom. The van der Waals surface area contributed by atoms with Crippen molar-refractivity contribution in [3.8, 4) is 0 Å². The normalized spacial score (nSPS) is 30.2. The van der Waals surface area contributed by atoms with Gasteiger partial charge in [-0.2, -0.15) is 0 Å². The van der Waals surface area contributed by atoms with Crippen molar-refractivity contribution in [2.45, 2.75) is 44.7 Å². The first-order valence-corrected chi connectivity index (χ1v) is 7.27. The van der Waals surface area contributed by atoms with Gasteiger partial charge in [-0.25, -0.2) is 0 Å². The molecular formula is C14H29N3. The van der Waals surface area contributed by atoms with Crippen LogP contribution in [0.2, 0.25) is 0 Å². The van der Waals surface area contributed by atoms with Crippen molar-refractivity contribution in [2.24, 2.45) is 5.92 Å². The average Bonchev–Trinajstić information content (AvgIpc) is 2.25. The lowest BCUT2D eigenvalue weighted by Crippen LogP contribution is -2.54. The standard InChI is InChI=1S/C14H29N3/c1-12(9-13-5-4-6-13)15-10-14-11-16(2)7-8-17(14)3/h12-15H,4-11H2,1-3H3. The first-order chi connectivity index (χ1) is 8.15. The molecule has 1 aliphatic carbocycles. The topological polar surface area (TPSA) is 18.5 Å². The Bertz CT molecular complexity index is 228. The van der Waals surface area contributed by atoms with Gasteiger partial charge >= 0.3 is 0 Å². The van der Waals surface area contributed by atoms with Gasteiger partial charge in [-0.15, -0.1) is 0 Å². The number of nitrogens with one attached hydrogen (secondary N) is 1. The summed E-state index contributed by atoms with van der Waals surface area (Å²) in [5.41, 5.74) is 0. The highest BCUT2D eigenvalue weighted by atomic mass is 15.3. The molecule has 0 aromatic heterocycles. The van der Waals surface area contributed by atoms with Crippen LogP contribution in [-0.2, 0) is 0 Å². The second kappa shape index (κ2) is 6.17. The molecule has 0 aromatic rings. The van der Waals surface area contributed by atoms with Crippen LogP contribution < -0.4 is 5.32 Å². The van der Waals surface area contributed by atoms with E-state index in [4.69, 9.17) is 0 Å². The molecule has 2 fully saturated rings. The van der Waals surface area contributed by atoms with E-state index in [9.17, 15) is 0 Å². The summed E-state index contributed by atoms with van der Waals surface area (Å²) >= 11 is 0. The van der Waals surface area contributed by atoms with E-state index in [-0.39, 0.29) is 0 Å². The Hall–Kier alpha value is -0.120. The zero-order chi connectivity index (χ0) is 12.3. The highest BCUT2D eigenvalue weighted by Crippen LogP contribution is 2.30. The molecule has 1 N–H and O–H groups in total. The van der Waals surface area contributed by atoms with E-state index in [1.165, 1.54) is 45.3 Å². The first-order valence-electron chi connectivity index (χ1n) is 7.27. The number of hydrogen-bond donors (Lipinski definition) is 1. The van der Waals surface area contributed by atoms with Crippen molar-refractivity contribution in [1.82, 2.24) is 15.1 Å². The van der Waals surface area contributed by atoms with Gasteiger partial charge in [0.25, 0.3) is 0 Å². The number of likely N-dealkylation sites (N-methyl/N-ethyl adjacent to an activating group) is 2. The fourth-order valence-corrected chi connectivity index (χ4v) is 2.97. The lowest BCUT2D eigenvalue weighted by molar-refractivity contribution is 0.110. The number of piperazine rings is 1. The first kappa shape index (κ1) is 13.3. The molecule has 100 valence electrons. The smallest absolute Gasteiger partial charge is 0.0345 e. The molecule has 1 saturated carbocycles. The number of rotatable bonds is 5. The Balaban J connectivity index is 1.65. The summed E-state index contributed by atoms with van der Waals surface area (Å²) in [6.07, 6.45) is 5.79. The molecule has 0 spiro atoms. The molecule has 0 bridgehead atoms. The van der Waals surface area contributed by atoms with Crippen molar-refractivity contribution < 1.29 is 0 Å². The average molecular weight is 239 g/mol. The van der Waals surface area contributed by atoms with Crippen LogP contribution in [-0.4, -0.2) is 62.2 Å². The molecular weight excluding hydrogens is 210 g/mol. The molecule has 2 atom stereocenters. The summed E-state index contributed by atoms with van der Waals surface area (Å²) in [5.74, 6) is 1.02. The van der Waals surface area contributed by atoms with Crippen molar-refractivity contribution in [1.29, 1.82) is 0 Å². The zero-order valence-electron chi connectivity index (χ0n) is 11.8. The van der Waals surface area contributed by atoms with E-state index in [0.717, 1.165) is 12.5 Å². The van der Waals surface area contributed by atoms with E-state index in [1.807, 2.05) is 0 Å². The molecule has 3 nitrogen and oxygen atoms in total. The van der Waals surface area contributed by atoms with E-state index in [2.05, 4.69) is 36.1 Å². The van der Waals surface area contributed by atoms with Gasteiger partial charge in [0.15, 0.2) is 0 Å². The second-order valence-electron chi connectivity index (χ2n) is 6.24. The monoisotopic (exact) mass is 239 g/mol. The molecule has 2 rings (SSSR count). The van der Waals surface area contributed by atoms with Crippen LogP contribution in [0.4, 0.5) is 0 Å². The molecule has 2 unspecified atom stereocenters. The highest BCUT2D eigenvalue weighted by molar-refractivity contribution is 4.82. The van der Waals surface area contributed by atoms with Gasteiger partial charge in [-0.05, 0) is 33.4 Å². The summed E-state index contributed by atoms with van der Waals surface area (Å²) in [6.45, 7) is 7.13. The molecule has 1 aliphatic heterocycles. The molecule has 3 heteroatoms.